The number of aromatic nitrogens is 2. The molecule has 2 amide bonds. The topological polar surface area (TPSA) is 234 Å². The average molecular weight is 644 g/mol. The Labute approximate surface area is 270 Å². The number of carbonyl (C=O) groups excluding carboxylic acids is 2. The molecule has 0 saturated carbocycles. The molecular weight excluding hydrogens is 598 g/mol. The first kappa shape index (κ1) is 37.0. The van der Waals surface area contributed by atoms with Crippen molar-refractivity contribution >= 4 is 30.2 Å². The van der Waals surface area contributed by atoms with E-state index in [0.717, 1.165) is 28.7 Å². The highest BCUT2D eigenvalue weighted by Gasteiger charge is 2.29. The smallest absolute Gasteiger partial charge is 0.249 e. The quantitative estimate of drug-likeness (QED) is 0.0640. The lowest BCUT2D eigenvalue weighted by Crippen LogP contribution is -2.53. The van der Waals surface area contributed by atoms with Crippen LogP contribution in [0.1, 0.15) is 72.1 Å². The molecule has 0 spiro atoms. The molecule has 3 aromatic rings. The minimum atomic E-state index is -0.975. The summed E-state index contributed by atoms with van der Waals surface area (Å²) in [5, 5.41) is 20.0. The number of halogens is 1. The summed E-state index contributed by atoms with van der Waals surface area (Å²) in [6, 6.07) is 10.6. The number of rotatable bonds is 17. The van der Waals surface area contributed by atoms with Crippen LogP contribution in [0, 0.1) is 13.8 Å². The van der Waals surface area contributed by atoms with E-state index in [1.165, 1.54) is 0 Å². The molecule has 14 heteroatoms. The molecule has 0 unspecified atom stereocenters. The normalized spacial score (nSPS) is 12.8. The molecular formula is C31H46ClN9O4. The number of guanidine groups is 1. The van der Waals surface area contributed by atoms with Gasteiger partial charge >= 0.3 is 0 Å². The zero-order chi connectivity index (χ0) is 32.1. The van der Waals surface area contributed by atoms with E-state index in [0.29, 0.717) is 51.0 Å². The van der Waals surface area contributed by atoms with Crippen molar-refractivity contribution in [2.45, 2.75) is 76.9 Å². The average Bonchev–Trinajstić information content (AvgIpc) is 3.44. The highest BCUT2D eigenvalue weighted by atomic mass is 35.5. The molecule has 1 aromatic heterocycles. The van der Waals surface area contributed by atoms with Crippen molar-refractivity contribution in [2.75, 3.05) is 13.1 Å². The van der Waals surface area contributed by atoms with Crippen LogP contribution in [0.25, 0.3) is 0 Å². The largest absolute Gasteiger partial charge is 0.508 e. The number of phenols is 1. The van der Waals surface area contributed by atoms with E-state index in [2.05, 4.69) is 25.8 Å². The Kier molecular flexibility index (Phi) is 15.3. The molecule has 0 radical (unpaired) electrons. The molecule has 45 heavy (non-hydrogen) atoms. The molecule has 1 heterocycles. The third-order valence-corrected chi connectivity index (χ3v) is 7.28. The molecule has 3 rings (SSSR count). The molecule has 0 fully saturated rings. The van der Waals surface area contributed by atoms with Crippen molar-refractivity contribution < 1.29 is 19.2 Å². The Hall–Kier alpha value is -4.20. The Balaban J connectivity index is 0.00000705. The van der Waals surface area contributed by atoms with E-state index in [-0.39, 0.29) is 36.4 Å². The van der Waals surface area contributed by atoms with Gasteiger partial charge in [0.05, 0.1) is 6.04 Å². The maximum atomic E-state index is 13.9. The van der Waals surface area contributed by atoms with Gasteiger partial charge in [0.15, 0.2) is 11.8 Å². The SMILES string of the molecule is Cc1cc(O)cc(C)c1C[C@H](NC(=O)[C@H](N)CCCN=C(N)N)C(=O)N[C@@H](CCCCN)c1nc(Cc2ccccc2)no1.Cl. The van der Waals surface area contributed by atoms with Gasteiger partial charge in [-0.15, -0.1) is 12.4 Å². The second-order valence-corrected chi connectivity index (χ2v) is 10.9. The second-order valence-electron chi connectivity index (χ2n) is 10.9. The predicted octanol–water partition coefficient (Wildman–Crippen LogP) is 1.80. The number of nitrogens with two attached hydrogens (primary N) is 4. The van der Waals surface area contributed by atoms with Gasteiger partial charge in [0, 0.05) is 19.4 Å². The van der Waals surface area contributed by atoms with Crippen LogP contribution in [-0.2, 0) is 22.4 Å². The van der Waals surface area contributed by atoms with Crippen molar-refractivity contribution in [3.8, 4) is 5.75 Å². The highest BCUT2D eigenvalue weighted by molar-refractivity contribution is 5.90. The fraction of sp³-hybridized carbons (Fsp3) is 0.452. The first-order valence-electron chi connectivity index (χ1n) is 14.8. The number of unbranched alkanes of at least 4 members (excludes halogenated alkanes) is 1. The molecule has 246 valence electrons. The van der Waals surface area contributed by atoms with Gasteiger partial charge in [0.1, 0.15) is 17.8 Å². The number of aromatic hydroxyl groups is 1. The summed E-state index contributed by atoms with van der Waals surface area (Å²) in [4.78, 5) is 35.5. The number of nitrogens with one attached hydrogen (secondary N) is 2. The van der Waals surface area contributed by atoms with Crippen LogP contribution < -0.4 is 33.6 Å². The van der Waals surface area contributed by atoms with Gasteiger partial charge in [0.25, 0.3) is 0 Å². The summed E-state index contributed by atoms with van der Waals surface area (Å²) in [5.74, 6) is -0.0471. The lowest BCUT2D eigenvalue weighted by molar-refractivity contribution is -0.130. The number of benzene rings is 2. The molecule has 0 aliphatic carbocycles. The lowest BCUT2D eigenvalue weighted by Gasteiger charge is -2.24. The fourth-order valence-corrected chi connectivity index (χ4v) is 4.92. The van der Waals surface area contributed by atoms with Crippen molar-refractivity contribution in [3.63, 3.8) is 0 Å². The molecule has 0 saturated heterocycles. The Morgan fingerprint density at radius 2 is 1.69 bits per heavy atom. The molecule has 0 aliphatic rings. The fourth-order valence-electron chi connectivity index (χ4n) is 4.92. The summed E-state index contributed by atoms with van der Waals surface area (Å²) in [5.41, 5.74) is 26.1. The molecule has 11 N–H and O–H groups in total. The van der Waals surface area contributed by atoms with Crippen LogP contribution in [0.15, 0.2) is 52.0 Å². The Morgan fingerprint density at radius 3 is 2.33 bits per heavy atom. The van der Waals surface area contributed by atoms with Gasteiger partial charge in [-0.2, -0.15) is 4.98 Å². The van der Waals surface area contributed by atoms with Crippen molar-refractivity contribution in [3.05, 3.63) is 76.4 Å². The van der Waals surface area contributed by atoms with Gasteiger partial charge in [-0.05, 0) is 86.9 Å². The number of hydrogen-bond donors (Lipinski definition) is 7. The molecule has 2 aromatic carbocycles. The standard InChI is InChI=1S/C31H45N9O4.ClH/c1-19-15-22(41)16-20(2)23(19)18-26(38-28(42)24(33)11-8-14-36-31(34)35)29(43)37-25(12-6-7-13-32)30-39-27(40-44-30)17-21-9-4-3-5-10-21;/h3-5,9-10,15-16,24-26,41H,6-8,11-14,17-18,32-33H2,1-2H3,(H,37,43)(H,38,42)(H4,34,35,36);1H/t24-,25+,26+;/m1./s1. The summed E-state index contributed by atoms with van der Waals surface area (Å²) in [6.45, 7) is 4.52. The van der Waals surface area contributed by atoms with Gasteiger partial charge in [-0.3, -0.25) is 14.6 Å². The second kappa shape index (κ2) is 18.6. The van der Waals surface area contributed by atoms with Crippen LogP contribution in [0.5, 0.6) is 5.75 Å². The van der Waals surface area contributed by atoms with E-state index in [1.807, 2.05) is 44.2 Å². The maximum Gasteiger partial charge on any atom is 0.249 e. The van der Waals surface area contributed by atoms with Gasteiger partial charge < -0.3 is 43.2 Å². The third kappa shape index (κ3) is 12.0. The van der Waals surface area contributed by atoms with Crippen LogP contribution >= 0.6 is 12.4 Å². The molecule has 0 bridgehead atoms. The minimum Gasteiger partial charge on any atom is -0.508 e. The number of hydrogen-bond acceptors (Lipinski definition) is 9. The van der Waals surface area contributed by atoms with E-state index >= 15 is 0 Å². The van der Waals surface area contributed by atoms with Crippen molar-refractivity contribution in [1.82, 2.24) is 20.8 Å². The van der Waals surface area contributed by atoms with Gasteiger partial charge in [-0.25, -0.2) is 0 Å². The van der Waals surface area contributed by atoms with Gasteiger partial charge in [-0.1, -0.05) is 35.5 Å². The Morgan fingerprint density at radius 1 is 1.00 bits per heavy atom. The van der Waals surface area contributed by atoms with E-state index in [1.54, 1.807) is 12.1 Å². The maximum absolute atomic E-state index is 13.9. The zero-order valence-electron chi connectivity index (χ0n) is 25.9. The monoisotopic (exact) mass is 643 g/mol. The van der Waals surface area contributed by atoms with Crippen LogP contribution in [0.4, 0.5) is 0 Å². The third-order valence-electron chi connectivity index (χ3n) is 7.28. The predicted molar refractivity (Wildman–Crippen MR) is 176 cm³/mol. The number of nitrogens with zero attached hydrogens (tertiary/aromatic N) is 3. The Bertz CT molecular complexity index is 1370. The lowest BCUT2D eigenvalue weighted by atomic mass is 9.95. The van der Waals surface area contributed by atoms with Gasteiger partial charge in [0.2, 0.25) is 17.7 Å². The van der Waals surface area contributed by atoms with E-state index in [4.69, 9.17) is 27.5 Å². The first-order valence-corrected chi connectivity index (χ1v) is 14.8. The van der Waals surface area contributed by atoms with Crippen LogP contribution in [-0.4, -0.2) is 58.2 Å². The summed E-state index contributed by atoms with van der Waals surface area (Å²) in [7, 11) is 0. The van der Waals surface area contributed by atoms with Crippen LogP contribution in [0.2, 0.25) is 0 Å². The number of phenolic OH excluding ortho intramolecular Hbond substituents is 1. The van der Waals surface area contributed by atoms with Crippen molar-refractivity contribution in [2.24, 2.45) is 27.9 Å². The first-order chi connectivity index (χ1) is 21.1. The minimum absolute atomic E-state index is 0. The number of aliphatic imine (C=N–C) groups is 1. The molecule has 3 atom stereocenters. The number of amides is 2. The zero-order valence-corrected chi connectivity index (χ0v) is 26.7. The van der Waals surface area contributed by atoms with Crippen molar-refractivity contribution in [1.29, 1.82) is 0 Å². The summed E-state index contributed by atoms with van der Waals surface area (Å²) in [6.07, 6.45) is 3.44. The number of carbonyl (C=O) groups is 2. The summed E-state index contributed by atoms with van der Waals surface area (Å²) < 4.78 is 5.60. The highest BCUT2D eigenvalue weighted by Crippen LogP contribution is 2.23. The van der Waals surface area contributed by atoms with E-state index < -0.39 is 29.9 Å². The summed E-state index contributed by atoms with van der Waals surface area (Å²) >= 11 is 0. The molecule has 0 aliphatic heterocycles. The molecule has 13 nitrogen and oxygen atoms in total. The number of aryl methyl sites for hydroxylation is 2. The van der Waals surface area contributed by atoms with Crippen LogP contribution in [0.3, 0.4) is 0 Å². The van der Waals surface area contributed by atoms with E-state index in [9.17, 15) is 14.7 Å².